The van der Waals surface area contributed by atoms with Gasteiger partial charge in [0, 0.05) is 65.5 Å². The smallest absolute Gasteiger partial charge is 0.349 e. The molecule has 4 heterocycles. The van der Waals surface area contributed by atoms with Crippen LogP contribution in [0.4, 0.5) is 5.69 Å². The van der Waals surface area contributed by atoms with E-state index in [1.807, 2.05) is 0 Å². The molecular formula is C50H45ClN4O24. The molecule has 29 heteroatoms. The number of anilines is 1. The Morgan fingerprint density at radius 1 is 0.722 bits per heavy atom. The van der Waals surface area contributed by atoms with Gasteiger partial charge in [-0.25, -0.2) is 14.4 Å². The van der Waals surface area contributed by atoms with Gasteiger partial charge < -0.3 is 95.1 Å². The number of aromatic hydroxyl groups is 1. The van der Waals surface area contributed by atoms with Crippen molar-refractivity contribution in [3.63, 3.8) is 0 Å². The Morgan fingerprint density at radius 3 is 2.04 bits per heavy atom. The van der Waals surface area contributed by atoms with Crippen LogP contribution in [0, 0.1) is 5.92 Å². The molecule has 3 amide bonds. The SMILES string of the molecule is O=C(O)C[C@@H](NCCNC(=O)c1cc2cc(Cl)c(O)cc2oc1=O)NC(=O)C(=O)Nc1ccc2c(c1)C(=O)OC21c2ccc(OC3CC(C(=O)O)C(O)C(O)C3O)cc2Oc2cc(OC3OC(C(=O)O)C(O)C(O)C3O)ccc21. The maximum Gasteiger partial charge on any atom is 0.349 e. The van der Waals surface area contributed by atoms with E-state index in [1.54, 1.807) is 0 Å². The van der Waals surface area contributed by atoms with E-state index in [0.29, 0.717) is 0 Å². The molecule has 11 unspecified atom stereocenters. The van der Waals surface area contributed by atoms with E-state index >= 15 is 0 Å². The molecule has 14 N–H and O–H groups in total. The molecule has 1 spiro atoms. The third kappa shape index (κ3) is 10.7. The van der Waals surface area contributed by atoms with Gasteiger partial charge in [-0.2, -0.15) is 0 Å². The molecule has 5 aromatic rings. The van der Waals surface area contributed by atoms with Crippen molar-refractivity contribution in [2.45, 2.75) is 79.7 Å². The number of carbonyl (C=O) groups excluding carboxylic acids is 4. The van der Waals surface area contributed by atoms with Crippen LogP contribution >= 0.6 is 11.6 Å². The number of hydrogen-bond acceptors (Lipinski definition) is 22. The molecule has 0 radical (unpaired) electrons. The summed E-state index contributed by atoms with van der Waals surface area (Å²) in [6.07, 6.45) is -19.4. The van der Waals surface area contributed by atoms with E-state index in [0.717, 1.165) is 6.07 Å². The summed E-state index contributed by atoms with van der Waals surface area (Å²) in [5, 5.41) is 111. The fraction of sp³-hybridized carbons (Fsp3) is 0.320. The number of carbonyl (C=O) groups is 7. The second-order valence-electron chi connectivity index (χ2n) is 18.5. The number of benzene rings is 4. The molecule has 79 heavy (non-hydrogen) atoms. The summed E-state index contributed by atoms with van der Waals surface area (Å²) in [6, 6.07) is 15.3. The quantitative estimate of drug-likeness (QED) is 0.0192. The summed E-state index contributed by atoms with van der Waals surface area (Å²) >= 11 is 5.93. The Morgan fingerprint density at radius 2 is 1.38 bits per heavy atom. The molecule has 4 aliphatic rings. The van der Waals surface area contributed by atoms with Crippen molar-refractivity contribution < 1.29 is 113 Å². The molecule has 0 bridgehead atoms. The van der Waals surface area contributed by atoms with E-state index in [1.165, 1.54) is 66.7 Å². The number of aliphatic hydroxyl groups excluding tert-OH is 6. The summed E-state index contributed by atoms with van der Waals surface area (Å²) in [4.78, 5) is 101. The van der Waals surface area contributed by atoms with Gasteiger partial charge in [-0.15, -0.1) is 0 Å². The normalized spacial score (nSPS) is 26.0. The van der Waals surface area contributed by atoms with Crippen LogP contribution in [0.25, 0.3) is 11.0 Å². The van der Waals surface area contributed by atoms with Gasteiger partial charge in [-0.05, 0) is 48.5 Å². The van der Waals surface area contributed by atoms with Crippen molar-refractivity contribution in [1.82, 2.24) is 16.0 Å². The Bertz CT molecular complexity index is 3290. The van der Waals surface area contributed by atoms with Crippen molar-refractivity contribution >= 4 is 69.9 Å². The van der Waals surface area contributed by atoms with E-state index < -0.39 is 138 Å². The number of aliphatic hydroxyl groups is 6. The number of ether oxygens (including phenoxy) is 5. The number of carboxylic acids is 3. The topological polar surface area (TPSA) is 446 Å². The van der Waals surface area contributed by atoms with Crippen LogP contribution in [-0.2, 0) is 39.0 Å². The first kappa shape index (κ1) is 55.3. The van der Waals surface area contributed by atoms with Crippen LogP contribution < -0.4 is 41.1 Å². The molecule has 3 aliphatic heterocycles. The van der Waals surface area contributed by atoms with Gasteiger partial charge in [0.2, 0.25) is 6.29 Å². The summed E-state index contributed by atoms with van der Waals surface area (Å²) in [5.41, 5.74) is -3.37. The molecule has 9 rings (SSSR count). The summed E-state index contributed by atoms with van der Waals surface area (Å²) < 4.78 is 34.6. The molecule has 1 saturated heterocycles. The molecule has 1 saturated carbocycles. The lowest BCUT2D eigenvalue weighted by molar-refractivity contribution is -0.271. The largest absolute Gasteiger partial charge is 0.506 e. The third-order valence-electron chi connectivity index (χ3n) is 13.4. The highest BCUT2D eigenvalue weighted by Gasteiger charge is 2.55. The number of carboxylic acid groups (broad SMARTS) is 3. The molecule has 1 aromatic heterocycles. The van der Waals surface area contributed by atoms with Crippen molar-refractivity contribution in [2.75, 3.05) is 18.4 Å². The lowest BCUT2D eigenvalue weighted by Crippen LogP contribution is -2.61. The van der Waals surface area contributed by atoms with Gasteiger partial charge >= 0.3 is 41.3 Å². The first-order chi connectivity index (χ1) is 37.4. The van der Waals surface area contributed by atoms with Crippen LogP contribution in [0.15, 0.2) is 82.0 Å². The molecule has 12 atom stereocenters. The number of phenolic OH excluding ortho intramolecular Hbond substituents is 1. The van der Waals surface area contributed by atoms with Crippen LogP contribution in [0.1, 0.15) is 50.2 Å². The average Bonchev–Trinajstić information content (AvgIpc) is 3.75. The number of nitrogens with one attached hydrogen (secondary N) is 4. The fourth-order valence-electron chi connectivity index (χ4n) is 9.49. The maximum atomic E-state index is 14.1. The number of esters is 1. The molecule has 28 nitrogen and oxygen atoms in total. The minimum atomic E-state index is -2.04. The second-order valence-corrected chi connectivity index (χ2v) is 18.9. The summed E-state index contributed by atoms with van der Waals surface area (Å²) in [6.45, 7) is -0.435. The summed E-state index contributed by atoms with van der Waals surface area (Å²) in [7, 11) is 0. The first-order valence-electron chi connectivity index (χ1n) is 23.6. The van der Waals surface area contributed by atoms with Crippen molar-refractivity contribution in [3.05, 3.63) is 116 Å². The monoisotopic (exact) mass is 1120 g/mol. The average molecular weight is 1120 g/mol. The number of hydrogen-bond donors (Lipinski definition) is 14. The molecule has 1 aliphatic carbocycles. The lowest BCUT2D eigenvalue weighted by Gasteiger charge is -2.39. The van der Waals surface area contributed by atoms with Gasteiger partial charge in [-0.3, -0.25) is 29.3 Å². The van der Waals surface area contributed by atoms with Crippen LogP contribution in [0.3, 0.4) is 0 Å². The Balaban J connectivity index is 0.944. The molecule has 4 aromatic carbocycles. The van der Waals surface area contributed by atoms with Gasteiger partial charge in [0.1, 0.15) is 76.5 Å². The van der Waals surface area contributed by atoms with Crippen LogP contribution in [0.2, 0.25) is 5.02 Å². The highest BCUT2D eigenvalue weighted by atomic mass is 35.5. The maximum absolute atomic E-state index is 14.1. The standard InChI is InChI=1S/C50H45ClN4O24/c51-27-10-17-9-23(47(72)77-29(17)15-28(27)56)42(65)53-8-7-52-33(16-34(57)58)55-44(67)43(66)54-18-1-4-24-21(11-18)48(73)79-50(24)25-5-2-19(74-32-14-22(45(68)69)35(59)37(61)36(32)60)12-30(25)76-31-13-20(3-6-26(31)50)75-49-40(64)38(62)39(63)41(78-49)46(70)71/h1-6,9-13,15,22,32-33,35-41,49,52,56,59-64H,7-8,14,16H2,(H,53,65)(H,54,66)(H,55,67)(H,57,58)(H,68,69)(H,70,71)/t22?,32?,33-,35?,36?,37?,38?,39?,40?,41?,49?,50?/m0/s1. The van der Waals surface area contributed by atoms with E-state index in [4.69, 9.17) is 39.7 Å². The van der Waals surface area contributed by atoms with Crippen LogP contribution in [0.5, 0.6) is 28.7 Å². The zero-order valence-electron chi connectivity index (χ0n) is 40.2. The number of rotatable bonds is 15. The molecule has 2 fully saturated rings. The minimum Gasteiger partial charge on any atom is -0.506 e. The Labute approximate surface area is 446 Å². The number of phenols is 1. The highest BCUT2D eigenvalue weighted by Crippen LogP contribution is 2.57. The van der Waals surface area contributed by atoms with Gasteiger partial charge in [0.05, 0.1) is 35.2 Å². The van der Waals surface area contributed by atoms with E-state index in [-0.39, 0.29) is 85.8 Å². The predicted octanol–water partition coefficient (Wildman–Crippen LogP) is -1.20. The number of fused-ring (bicyclic) bond motifs is 7. The lowest BCUT2D eigenvalue weighted by atomic mass is 9.77. The fourth-order valence-corrected chi connectivity index (χ4v) is 9.66. The number of amides is 3. The zero-order valence-corrected chi connectivity index (χ0v) is 40.9. The Kier molecular flexibility index (Phi) is 15.2. The van der Waals surface area contributed by atoms with Gasteiger partial charge in [0.15, 0.2) is 11.7 Å². The molecular weight excluding hydrogens is 1080 g/mol. The van der Waals surface area contributed by atoms with Crippen molar-refractivity contribution in [2.24, 2.45) is 5.92 Å². The number of halogens is 1. The number of aliphatic carboxylic acids is 3. The zero-order chi connectivity index (χ0) is 56.9. The third-order valence-corrected chi connectivity index (χ3v) is 13.7. The van der Waals surface area contributed by atoms with Crippen molar-refractivity contribution in [1.29, 1.82) is 0 Å². The van der Waals surface area contributed by atoms with Gasteiger partial charge in [-0.1, -0.05) is 17.7 Å². The van der Waals surface area contributed by atoms with Gasteiger partial charge in [0.25, 0.3) is 5.91 Å². The second kappa shape index (κ2) is 21.8. The highest BCUT2D eigenvalue weighted by molar-refractivity contribution is 6.39. The van der Waals surface area contributed by atoms with E-state index in [9.17, 15) is 89.4 Å². The minimum absolute atomic E-state index is 0.0398. The predicted molar refractivity (Wildman–Crippen MR) is 260 cm³/mol. The first-order valence-corrected chi connectivity index (χ1v) is 24.0. The molecule has 416 valence electrons. The van der Waals surface area contributed by atoms with Crippen molar-refractivity contribution in [3.8, 4) is 28.7 Å². The Hall–Kier alpha value is -8.45. The van der Waals surface area contributed by atoms with E-state index in [2.05, 4.69) is 21.3 Å². The summed E-state index contributed by atoms with van der Waals surface area (Å²) in [5.74, 6) is -11.5. The van der Waals surface area contributed by atoms with Crippen LogP contribution in [-0.4, -0.2) is 167 Å².